The Bertz CT molecular complexity index is 19.7. The van der Waals surface area contributed by atoms with Gasteiger partial charge in [0.1, 0.15) is 0 Å². The van der Waals surface area contributed by atoms with E-state index in [4.69, 9.17) is 0 Å². The minimum absolute atomic E-state index is 0. The Hall–Kier alpha value is 3.36. The second-order valence-electron chi connectivity index (χ2n) is 0. The molecule has 0 saturated heterocycles. The van der Waals surface area contributed by atoms with Gasteiger partial charge in [0.25, 0.3) is 0 Å². The SMILES string of the molecule is P.S.[AlH3].[B].[Mo].[Ti].[V]. The summed E-state index contributed by atoms with van der Waals surface area (Å²) in [6, 6.07) is 0. The molecule has 1 unspecified atom stereocenters. The van der Waals surface area contributed by atoms with Crippen molar-refractivity contribution in [3.63, 3.8) is 0 Å². The van der Waals surface area contributed by atoms with Gasteiger partial charge in [0.2, 0.25) is 0 Å². The summed E-state index contributed by atoms with van der Waals surface area (Å²) in [5.74, 6) is 0. The van der Waals surface area contributed by atoms with Gasteiger partial charge in [-0.25, -0.2) is 0 Å². The predicted octanol–water partition coefficient (Wildman–Crippen LogP) is -1.40. The smallest absolute Gasteiger partial charge is 0.187 e. The molecule has 1 atom stereocenters. The van der Waals surface area contributed by atoms with E-state index in [2.05, 4.69) is 0 Å². The molecule has 40 valence electrons. The molecule has 7 heteroatoms. The standard InChI is InChI=1S/Al.B.Mo.H3P.H2S.Ti.V.3H/h;;;1H3;1H2;;;;;. The molecule has 0 rings (SSSR count). The predicted molar refractivity (Wildman–Crippen MR) is 37.2 cm³/mol. The van der Waals surface area contributed by atoms with Crippen molar-refractivity contribution in [2.24, 2.45) is 0 Å². The van der Waals surface area contributed by atoms with Crippen molar-refractivity contribution in [3.05, 3.63) is 0 Å². The Labute approximate surface area is 109 Å². The molecular formula is H8AlBMoPSTiV. The summed E-state index contributed by atoms with van der Waals surface area (Å²) in [7, 11) is 0. The summed E-state index contributed by atoms with van der Waals surface area (Å²) < 4.78 is 0. The maximum Gasteiger partial charge on any atom is 0.187 e. The van der Waals surface area contributed by atoms with Gasteiger partial charge in [-0.3, -0.25) is 0 Å². The van der Waals surface area contributed by atoms with Crippen LogP contribution in [-0.4, -0.2) is 25.8 Å². The zero-order valence-electron chi connectivity index (χ0n) is 3.14. The third-order valence-electron chi connectivity index (χ3n) is 0. The zero-order chi connectivity index (χ0) is 0. The molecule has 0 aliphatic carbocycles. The van der Waals surface area contributed by atoms with E-state index in [0.717, 1.165) is 0 Å². The van der Waals surface area contributed by atoms with E-state index in [1.54, 1.807) is 0 Å². The van der Waals surface area contributed by atoms with Gasteiger partial charge >= 0.3 is 0 Å². The molecule has 0 saturated carbocycles. The van der Waals surface area contributed by atoms with Crippen LogP contribution in [0.3, 0.4) is 0 Å². The van der Waals surface area contributed by atoms with Crippen LogP contribution >= 0.6 is 23.4 Å². The summed E-state index contributed by atoms with van der Waals surface area (Å²) in [6.45, 7) is 0. The summed E-state index contributed by atoms with van der Waals surface area (Å²) in [5.41, 5.74) is 0. The fourth-order valence-electron chi connectivity index (χ4n) is 0. The first-order chi connectivity index (χ1) is 0. The maximum atomic E-state index is 0. The first-order valence-electron chi connectivity index (χ1n) is 0. The zero-order valence-corrected chi connectivity index (χ0v) is 10.5. The summed E-state index contributed by atoms with van der Waals surface area (Å²) in [4.78, 5) is 0. The second-order valence-corrected chi connectivity index (χ2v) is 0. The molecule has 0 bridgehead atoms. The van der Waals surface area contributed by atoms with Gasteiger partial charge in [0.15, 0.2) is 17.4 Å². The van der Waals surface area contributed by atoms with Crippen LogP contribution in [0.25, 0.3) is 0 Å². The van der Waals surface area contributed by atoms with Crippen molar-refractivity contribution >= 4 is 49.2 Å². The Morgan fingerprint density at radius 2 is 1.00 bits per heavy atom. The topological polar surface area (TPSA) is 0 Å². The van der Waals surface area contributed by atoms with Gasteiger partial charge in [-0.15, -0.1) is 0 Å². The Morgan fingerprint density at radius 3 is 1.00 bits per heavy atom. The Morgan fingerprint density at radius 1 is 1.00 bits per heavy atom. The van der Waals surface area contributed by atoms with Crippen LogP contribution < -0.4 is 0 Å². The molecule has 0 amide bonds. The molecule has 0 heterocycles. The molecule has 0 aromatic heterocycles. The number of hydrogen-bond acceptors (Lipinski definition) is 0. The molecule has 0 aromatic rings. The quantitative estimate of drug-likeness (QED) is 0.381. The average molecular weight is 304 g/mol. The molecule has 0 aliphatic heterocycles. The van der Waals surface area contributed by atoms with E-state index >= 15 is 0 Å². The Kier molecular flexibility index (Phi) is 664. The van der Waals surface area contributed by atoms with E-state index in [1.807, 2.05) is 0 Å². The van der Waals surface area contributed by atoms with E-state index in [9.17, 15) is 0 Å². The molecule has 0 nitrogen and oxygen atoms in total. The van der Waals surface area contributed by atoms with Crippen LogP contribution in [0.4, 0.5) is 0 Å². The number of hydrogen-bond donors (Lipinski definition) is 0. The Balaban J connectivity index is 0. The summed E-state index contributed by atoms with van der Waals surface area (Å²) in [5, 5.41) is 0. The molecule has 0 spiro atoms. The van der Waals surface area contributed by atoms with Crippen molar-refractivity contribution < 1.29 is 61.3 Å². The van der Waals surface area contributed by atoms with Crippen LogP contribution in [0.15, 0.2) is 0 Å². The van der Waals surface area contributed by atoms with Gasteiger partial charge in [0.05, 0.1) is 0 Å². The van der Waals surface area contributed by atoms with Gasteiger partial charge in [-0.05, 0) is 0 Å². The van der Waals surface area contributed by atoms with E-state index in [0.29, 0.717) is 0 Å². The normalized spacial score (nSPS) is 0. The third-order valence-corrected chi connectivity index (χ3v) is 0. The monoisotopic (exact) mass is 306 g/mol. The molecule has 0 aliphatic rings. The van der Waals surface area contributed by atoms with Crippen LogP contribution in [-0.2, 0) is 61.3 Å². The first kappa shape index (κ1) is 80.3. The van der Waals surface area contributed by atoms with Crippen LogP contribution in [0.5, 0.6) is 0 Å². The van der Waals surface area contributed by atoms with Crippen molar-refractivity contribution in [1.82, 2.24) is 0 Å². The molecule has 0 aromatic carbocycles. The van der Waals surface area contributed by atoms with Gasteiger partial charge in [-0.1, -0.05) is 0 Å². The largest absolute Gasteiger partial charge is 0.197 e. The van der Waals surface area contributed by atoms with Crippen LogP contribution in [0, 0.1) is 0 Å². The summed E-state index contributed by atoms with van der Waals surface area (Å²) >= 11 is 0. The van der Waals surface area contributed by atoms with E-state index in [1.165, 1.54) is 0 Å². The molecule has 0 N–H and O–H groups in total. The molecule has 0 fully saturated rings. The molecule has 7 heavy (non-hydrogen) atoms. The van der Waals surface area contributed by atoms with Gasteiger partial charge in [0, 0.05) is 69.8 Å². The van der Waals surface area contributed by atoms with Gasteiger partial charge < -0.3 is 0 Å². The van der Waals surface area contributed by atoms with Crippen LogP contribution in [0.2, 0.25) is 0 Å². The third kappa shape index (κ3) is 44.9. The average Bonchev–Trinajstić information content (AvgIpc) is 0. The van der Waals surface area contributed by atoms with Crippen molar-refractivity contribution in [2.45, 2.75) is 0 Å². The first-order valence-corrected chi connectivity index (χ1v) is 0. The van der Waals surface area contributed by atoms with Crippen LogP contribution in [0.1, 0.15) is 0 Å². The van der Waals surface area contributed by atoms with Gasteiger partial charge in [-0.2, -0.15) is 23.4 Å². The fourth-order valence-corrected chi connectivity index (χ4v) is 0. The minimum Gasteiger partial charge on any atom is -0.197 e. The maximum absolute atomic E-state index is 0. The van der Waals surface area contributed by atoms with E-state index < -0.39 is 0 Å². The van der Waals surface area contributed by atoms with Crippen molar-refractivity contribution in [2.75, 3.05) is 0 Å². The van der Waals surface area contributed by atoms with E-state index in [-0.39, 0.29) is 111 Å². The molecular weight excluding hydrogens is 296 g/mol. The molecule has 4 radical (unpaired) electrons. The second kappa shape index (κ2) is 57.9. The summed E-state index contributed by atoms with van der Waals surface area (Å²) in [6.07, 6.45) is 0. The number of rotatable bonds is 0. The fraction of sp³-hybridized carbons (Fsp3) is 0. The van der Waals surface area contributed by atoms with Crippen molar-refractivity contribution in [1.29, 1.82) is 0 Å². The minimum atomic E-state index is 0. The van der Waals surface area contributed by atoms with Crippen molar-refractivity contribution in [3.8, 4) is 0 Å².